The van der Waals surface area contributed by atoms with E-state index in [1.165, 1.54) is 0 Å². The van der Waals surface area contributed by atoms with Gasteiger partial charge >= 0.3 is 0 Å². The van der Waals surface area contributed by atoms with Crippen molar-refractivity contribution in [2.24, 2.45) is 7.05 Å². The maximum atomic E-state index is 13.2. The van der Waals surface area contributed by atoms with Gasteiger partial charge in [0.25, 0.3) is 5.91 Å². The van der Waals surface area contributed by atoms with Crippen molar-refractivity contribution in [2.45, 2.75) is 32.9 Å². The van der Waals surface area contributed by atoms with Gasteiger partial charge in [0.1, 0.15) is 11.6 Å². The van der Waals surface area contributed by atoms with Crippen LogP contribution in [0.4, 0.5) is 5.82 Å². The van der Waals surface area contributed by atoms with Gasteiger partial charge in [0.15, 0.2) is 5.65 Å². The minimum Gasteiger partial charge on any atom is -0.396 e. The summed E-state index contributed by atoms with van der Waals surface area (Å²) < 4.78 is 3.70. The summed E-state index contributed by atoms with van der Waals surface area (Å²) in [5.74, 6) is 1.31. The third-order valence-electron chi connectivity index (χ3n) is 7.18. The zero-order valence-electron chi connectivity index (χ0n) is 24.0. The molecular formula is C31H34ClN7O3. The Bertz CT molecular complexity index is 1740. The van der Waals surface area contributed by atoms with Gasteiger partial charge in [-0.15, -0.1) is 0 Å². The van der Waals surface area contributed by atoms with Gasteiger partial charge in [-0.05, 0) is 49.6 Å². The summed E-state index contributed by atoms with van der Waals surface area (Å²) in [6, 6.07) is 15.2. The minimum absolute atomic E-state index is 0.00378. The Morgan fingerprint density at radius 2 is 1.98 bits per heavy atom. The molecule has 0 saturated heterocycles. The number of anilines is 1. The molecule has 218 valence electrons. The van der Waals surface area contributed by atoms with E-state index in [9.17, 15) is 9.90 Å². The molecule has 3 heterocycles. The molecular weight excluding hydrogens is 554 g/mol. The number of halogens is 1. The minimum atomic E-state index is -0.812. The molecule has 0 saturated carbocycles. The fraction of sp³-hybridized carbons (Fsp3) is 0.290. The summed E-state index contributed by atoms with van der Waals surface area (Å²) in [4.78, 5) is 23.9. The van der Waals surface area contributed by atoms with E-state index in [1.54, 1.807) is 47.8 Å². The van der Waals surface area contributed by atoms with E-state index in [4.69, 9.17) is 26.8 Å². The van der Waals surface area contributed by atoms with Crippen molar-refractivity contribution in [3.63, 3.8) is 0 Å². The van der Waals surface area contributed by atoms with Crippen LogP contribution < -0.4 is 5.32 Å². The van der Waals surface area contributed by atoms with Crippen LogP contribution in [0.2, 0.25) is 5.02 Å². The number of amides is 1. The first kappa shape index (κ1) is 29.2. The van der Waals surface area contributed by atoms with Crippen LogP contribution in [0.25, 0.3) is 28.2 Å². The molecule has 0 fully saturated rings. The Hall–Kier alpha value is -4.25. The SMILES string of the molecule is Cc1nn2c(NCc3cccc(-c4nccn4C)c3)cc(C(C)O)nc2c1-c1ccc(Cl)c(C(=O)N(C)CCCO)c1. The van der Waals surface area contributed by atoms with Crippen LogP contribution in [0.1, 0.15) is 46.8 Å². The fourth-order valence-corrected chi connectivity index (χ4v) is 5.13. The molecule has 0 radical (unpaired) electrons. The predicted octanol–water partition coefficient (Wildman–Crippen LogP) is 4.88. The van der Waals surface area contributed by atoms with Crippen molar-refractivity contribution >= 4 is 29.0 Å². The molecule has 11 heteroatoms. The quantitative estimate of drug-likeness (QED) is 0.213. The van der Waals surface area contributed by atoms with E-state index in [1.807, 2.05) is 49.0 Å². The predicted molar refractivity (Wildman–Crippen MR) is 163 cm³/mol. The zero-order valence-corrected chi connectivity index (χ0v) is 24.8. The highest BCUT2D eigenvalue weighted by molar-refractivity contribution is 6.34. The molecule has 1 amide bonds. The van der Waals surface area contributed by atoms with Crippen molar-refractivity contribution in [3.05, 3.63) is 88.5 Å². The molecule has 0 aliphatic carbocycles. The lowest BCUT2D eigenvalue weighted by Gasteiger charge is -2.18. The monoisotopic (exact) mass is 587 g/mol. The van der Waals surface area contributed by atoms with E-state index >= 15 is 0 Å². The Morgan fingerprint density at radius 1 is 1.17 bits per heavy atom. The topological polar surface area (TPSA) is 121 Å². The van der Waals surface area contributed by atoms with Crippen molar-refractivity contribution in [3.8, 4) is 22.5 Å². The number of carbonyl (C=O) groups excluding carboxylic acids is 1. The van der Waals surface area contributed by atoms with E-state index in [2.05, 4.69) is 16.4 Å². The molecule has 0 bridgehead atoms. The van der Waals surface area contributed by atoms with Gasteiger partial charge in [-0.3, -0.25) is 4.79 Å². The number of nitrogens with zero attached hydrogens (tertiary/aromatic N) is 6. The van der Waals surface area contributed by atoms with Gasteiger partial charge in [0.05, 0.1) is 28.1 Å². The second-order valence-electron chi connectivity index (χ2n) is 10.4. The van der Waals surface area contributed by atoms with Gasteiger partial charge in [0.2, 0.25) is 0 Å². The van der Waals surface area contributed by atoms with Crippen LogP contribution in [0.5, 0.6) is 0 Å². The molecule has 2 aromatic carbocycles. The van der Waals surface area contributed by atoms with Crippen molar-refractivity contribution in [1.82, 2.24) is 29.0 Å². The number of carbonyl (C=O) groups is 1. The molecule has 5 aromatic rings. The number of hydrogen-bond donors (Lipinski definition) is 3. The third kappa shape index (κ3) is 5.87. The first-order valence-corrected chi connectivity index (χ1v) is 14.1. The van der Waals surface area contributed by atoms with Gasteiger partial charge in [0, 0.05) is 63.4 Å². The van der Waals surface area contributed by atoms with Crippen molar-refractivity contribution in [2.75, 3.05) is 25.5 Å². The smallest absolute Gasteiger partial charge is 0.255 e. The van der Waals surface area contributed by atoms with Gasteiger partial charge in [-0.1, -0.05) is 35.9 Å². The lowest BCUT2D eigenvalue weighted by atomic mass is 10.0. The van der Waals surface area contributed by atoms with Crippen LogP contribution in [0.15, 0.2) is 60.9 Å². The molecule has 0 aliphatic heterocycles. The molecule has 1 unspecified atom stereocenters. The summed E-state index contributed by atoms with van der Waals surface area (Å²) in [5, 5.41) is 28.3. The number of aryl methyl sites for hydroxylation is 2. The molecule has 3 aromatic heterocycles. The molecule has 1 atom stereocenters. The molecule has 5 rings (SSSR count). The average molecular weight is 588 g/mol. The number of rotatable bonds is 10. The Morgan fingerprint density at radius 3 is 2.69 bits per heavy atom. The van der Waals surface area contributed by atoms with Crippen LogP contribution in [0, 0.1) is 6.92 Å². The van der Waals surface area contributed by atoms with Gasteiger partial charge in [-0.25, -0.2) is 9.97 Å². The lowest BCUT2D eigenvalue weighted by Crippen LogP contribution is -2.28. The number of aliphatic hydroxyl groups excluding tert-OH is 2. The van der Waals surface area contributed by atoms with Gasteiger partial charge < -0.3 is 25.0 Å². The number of benzene rings is 2. The number of aromatic nitrogens is 5. The standard InChI is InChI=1S/C31H34ClN7O3/c1-19-28(22-9-10-25(32)24(16-22)31(42)38(4)12-6-14-40)30-35-26(20(2)41)17-27(39(30)36-19)34-18-21-7-5-8-23(15-21)29-33-11-13-37(29)3/h5,7-11,13,15-17,20,34,40-41H,6,12,14,18H2,1-4H3. The van der Waals surface area contributed by atoms with E-state index in [0.717, 1.165) is 28.1 Å². The number of hydrogen-bond acceptors (Lipinski definition) is 7. The lowest BCUT2D eigenvalue weighted by molar-refractivity contribution is 0.0786. The number of aliphatic hydroxyl groups is 2. The van der Waals surface area contributed by atoms with Crippen LogP contribution >= 0.6 is 11.6 Å². The maximum absolute atomic E-state index is 13.2. The summed E-state index contributed by atoms with van der Waals surface area (Å²) in [6.07, 6.45) is 3.35. The first-order chi connectivity index (χ1) is 20.2. The number of fused-ring (bicyclic) bond motifs is 1. The Labute approximate surface area is 249 Å². The number of nitrogens with one attached hydrogen (secondary N) is 1. The largest absolute Gasteiger partial charge is 0.396 e. The molecule has 3 N–H and O–H groups in total. The average Bonchev–Trinajstić information content (AvgIpc) is 3.56. The van der Waals surface area contributed by atoms with Crippen LogP contribution in [-0.2, 0) is 13.6 Å². The highest BCUT2D eigenvalue weighted by Crippen LogP contribution is 2.33. The van der Waals surface area contributed by atoms with E-state index in [-0.39, 0.29) is 12.5 Å². The summed E-state index contributed by atoms with van der Waals surface area (Å²) >= 11 is 6.45. The first-order valence-electron chi connectivity index (χ1n) is 13.7. The normalized spacial score (nSPS) is 12.1. The second kappa shape index (κ2) is 12.3. The summed E-state index contributed by atoms with van der Waals surface area (Å²) in [5.41, 5.74) is 5.63. The van der Waals surface area contributed by atoms with Crippen molar-refractivity contribution in [1.29, 1.82) is 0 Å². The van der Waals surface area contributed by atoms with E-state index in [0.29, 0.717) is 52.9 Å². The molecule has 42 heavy (non-hydrogen) atoms. The van der Waals surface area contributed by atoms with Crippen LogP contribution in [-0.4, -0.2) is 65.4 Å². The van der Waals surface area contributed by atoms with Gasteiger partial charge in [-0.2, -0.15) is 9.61 Å². The second-order valence-corrected chi connectivity index (χ2v) is 10.8. The third-order valence-corrected chi connectivity index (χ3v) is 7.51. The summed E-state index contributed by atoms with van der Waals surface area (Å²) in [6.45, 7) is 4.46. The Balaban J connectivity index is 1.52. The van der Waals surface area contributed by atoms with Crippen LogP contribution in [0.3, 0.4) is 0 Å². The molecule has 0 aliphatic rings. The Kier molecular flexibility index (Phi) is 8.58. The highest BCUT2D eigenvalue weighted by Gasteiger charge is 2.21. The van der Waals surface area contributed by atoms with Crippen molar-refractivity contribution < 1.29 is 15.0 Å². The van der Waals surface area contributed by atoms with E-state index < -0.39 is 6.10 Å². The maximum Gasteiger partial charge on any atom is 0.255 e. The molecule has 10 nitrogen and oxygen atoms in total. The highest BCUT2D eigenvalue weighted by atomic mass is 35.5. The fourth-order valence-electron chi connectivity index (χ4n) is 4.94. The molecule has 0 spiro atoms. The zero-order chi connectivity index (χ0) is 30.0. The summed E-state index contributed by atoms with van der Waals surface area (Å²) in [7, 11) is 3.65. The number of imidazole rings is 1.